The molecule has 0 radical (unpaired) electrons. The van der Waals surface area contributed by atoms with Gasteiger partial charge in [-0.1, -0.05) is 34.1 Å². The third-order valence-corrected chi connectivity index (χ3v) is 3.39. The summed E-state index contributed by atoms with van der Waals surface area (Å²) in [5, 5.41) is 12.4. The molecule has 112 valence electrons. The minimum Gasteiger partial charge on any atom is -0.434 e. The molecule has 2 aromatic carbocycles. The maximum Gasteiger partial charge on any atom is 0.387 e. The van der Waals surface area contributed by atoms with E-state index in [9.17, 15) is 13.9 Å². The van der Waals surface area contributed by atoms with E-state index in [1.54, 1.807) is 18.2 Å². The number of anilines is 1. The second-order valence-corrected chi connectivity index (χ2v) is 5.22. The molecule has 0 saturated heterocycles. The number of hydrogen-bond donors (Lipinski definition) is 2. The van der Waals surface area contributed by atoms with E-state index in [0.29, 0.717) is 12.1 Å². The van der Waals surface area contributed by atoms with Gasteiger partial charge in [0.25, 0.3) is 0 Å². The second kappa shape index (κ2) is 7.38. The number of aliphatic hydroxyl groups is 1. The Morgan fingerprint density at radius 2 is 1.90 bits per heavy atom. The van der Waals surface area contributed by atoms with Gasteiger partial charge >= 0.3 is 6.61 Å². The highest BCUT2D eigenvalue weighted by Gasteiger charge is 2.10. The summed E-state index contributed by atoms with van der Waals surface area (Å²) in [7, 11) is 0. The van der Waals surface area contributed by atoms with Crippen molar-refractivity contribution in [1.29, 1.82) is 0 Å². The predicted molar refractivity (Wildman–Crippen MR) is 80.5 cm³/mol. The molecule has 0 atom stereocenters. The molecule has 0 aliphatic heterocycles. The maximum atomic E-state index is 12.4. The van der Waals surface area contributed by atoms with Crippen LogP contribution in [0.4, 0.5) is 14.5 Å². The minimum absolute atomic E-state index is 0.0952. The normalized spacial score (nSPS) is 10.7. The first-order chi connectivity index (χ1) is 10.1. The van der Waals surface area contributed by atoms with Gasteiger partial charge in [0.15, 0.2) is 0 Å². The lowest BCUT2D eigenvalue weighted by molar-refractivity contribution is -0.0504. The number of nitrogens with one attached hydrogen (secondary N) is 1. The number of ether oxygens (including phenoxy) is 1. The van der Waals surface area contributed by atoms with Gasteiger partial charge < -0.3 is 15.2 Å². The van der Waals surface area contributed by atoms with E-state index in [1.807, 2.05) is 18.2 Å². The van der Waals surface area contributed by atoms with Crippen molar-refractivity contribution >= 4 is 21.6 Å². The average Bonchev–Trinajstić information content (AvgIpc) is 2.47. The SMILES string of the molecule is OCc1ccccc1NCc1cc(Br)ccc1OC(F)F. The second-order valence-electron chi connectivity index (χ2n) is 4.30. The summed E-state index contributed by atoms with van der Waals surface area (Å²) in [5.74, 6) is 0.127. The first kappa shape index (κ1) is 15.7. The van der Waals surface area contributed by atoms with Crippen LogP contribution in [0.2, 0.25) is 0 Å². The number of benzene rings is 2. The van der Waals surface area contributed by atoms with Crippen LogP contribution in [0, 0.1) is 0 Å². The van der Waals surface area contributed by atoms with E-state index in [-0.39, 0.29) is 12.4 Å². The molecule has 0 aliphatic rings. The van der Waals surface area contributed by atoms with Gasteiger partial charge in [0, 0.05) is 27.8 Å². The van der Waals surface area contributed by atoms with Crippen molar-refractivity contribution in [2.75, 3.05) is 5.32 Å². The van der Waals surface area contributed by atoms with Gasteiger partial charge in [-0.05, 0) is 24.3 Å². The molecule has 0 aliphatic carbocycles. The van der Waals surface area contributed by atoms with E-state index in [4.69, 9.17) is 0 Å². The number of rotatable bonds is 6. The highest BCUT2D eigenvalue weighted by atomic mass is 79.9. The number of alkyl halides is 2. The van der Waals surface area contributed by atoms with Gasteiger partial charge in [-0.15, -0.1) is 0 Å². The quantitative estimate of drug-likeness (QED) is 0.815. The Kier molecular flexibility index (Phi) is 5.52. The van der Waals surface area contributed by atoms with Crippen molar-refractivity contribution < 1.29 is 18.6 Å². The Morgan fingerprint density at radius 3 is 2.62 bits per heavy atom. The molecule has 21 heavy (non-hydrogen) atoms. The summed E-state index contributed by atoms with van der Waals surface area (Å²) in [6, 6.07) is 12.1. The molecule has 2 aromatic rings. The van der Waals surface area contributed by atoms with E-state index in [0.717, 1.165) is 15.7 Å². The third-order valence-electron chi connectivity index (χ3n) is 2.90. The Balaban J connectivity index is 2.17. The van der Waals surface area contributed by atoms with Gasteiger partial charge in [-0.2, -0.15) is 8.78 Å². The van der Waals surface area contributed by atoms with Crippen LogP contribution < -0.4 is 10.1 Å². The molecule has 0 heterocycles. The van der Waals surface area contributed by atoms with Crippen LogP contribution >= 0.6 is 15.9 Å². The van der Waals surface area contributed by atoms with Crippen molar-refractivity contribution in [2.24, 2.45) is 0 Å². The first-order valence-electron chi connectivity index (χ1n) is 6.26. The lowest BCUT2D eigenvalue weighted by atomic mass is 10.1. The monoisotopic (exact) mass is 357 g/mol. The molecular formula is C15H14BrF2NO2. The molecule has 0 bridgehead atoms. The van der Waals surface area contributed by atoms with Crippen LogP contribution in [-0.4, -0.2) is 11.7 Å². The Bertz CT molecular complexity index is 608. The van der Waals surface area contributed by atoms with Crippen molar-refractivity contribution in [3.8, 4) is 5.75 Å². The zero-order valence-corrected chi connectivity index (χ0v) is 12.6. The fourth-order valence-corrected chi connectivity index (χ4v) is 2.33. The summed E-state index contributed by atoms with van der Waals surface area (Å²) < 4.78 is 30.1. The van der Waals surface area contributed by atoms with Gasteiger partial charge in [0.05, 0.1) is 6.61 Å². The van der Waals surface area contributed by atoms with Crippen molar-refractivity contribution in [3.63, 3.8) is 0 Å². The molecule has 0 amide bonds. The van der Waals surface area contributed by atoms with Crippen LogP contribution in [0.1, 0.15) is 11.1 Å². The molecule has 6 heteroatoms. The predicted octanol–water partition coefficient (Wildman–Crippen LogP) is 4.15. The fourth-order valence-electron chi connectivity index (χ4n) is 1.92. The van der Waals surface area contributed by atoms with Crippen molar-refractivity contribution in [1.82, 2.24) is 0 Å². The molecule has 2 N–H and O–H groups in total. The highest BCUT2D eigenvalue weighted by molar-refractivity contribution is 9.10. The smallest absolute Gasteiger partial charge is 0.387 e. The Morgan fingerprint density at radius 1 is 1.14 bits per heavy atom. The zero-order valence-electron chi connectivity index (χ0n) is 11.0. The Labute approximate surface area is 129 Å². The van der Waals surface area contributed by atoms with Crippen LogP contribution in [0.15, 0.2) is 46.9 Å². The van der Waals surface area contributed by atoms with E-state index in [2.05, 4.69) is 26.0 Å². The van der Waals surface area contributed by atoms with Gasteiger partial charge in [-0.25, -0.2) is 0 Å². The molecule has 2 rings (SSSR count). The number of aliphatic hydroxyl groups excluding tert-OH is 1. The van der Waals surface area contributed by atoms with Crippen LogP contribution in [0.5, 0.6) is 5.75 Å². The highest BCUT2D eigenvalue weighted by Crippen LogP contribution is 2.26. The lowest BCUT2D eigenvalue weighted by Crippen LogP contribution is -2.08. The minimum atomic E-state index is -2.87. The molecule has 0 aromatic heterocycles. The Hall–Kier alpha value is -1.66. The van der Waals surface area contributed by atoms with Gasteiger partial charge in [0.1, 0.15) is 5.75 Å². The summed E-state index contributed by atoms with van der Waals surface area (Å²) >= 11 is 3.31. The molecular weight excluding hydrogens is 344 g/mol. The summed E-state index contributed by atoms with van der Waals surface area (Å²) in [4.78, 5) is 0. The van der Waals surface area contributed by atoms with Crippen molar-refractivity contribution in [2.45, 2.75) is 19.8 Å². The third kappa shape index (κ3) is 4.41. The van der Waals surface area contributed by atoms with Gasteiger partial charge in [-0.3, -0.25) is 0 Å². The summed E-state index contributed by atoms with van der Waals surface area (Å²) in [6.07, 6.45) is 0. The number of para-hydroxylation sites is 1. The lowest BCUT2D eigenvalue weighted by Gasteiger charge is -2.14. The first-order valence-corrected chi connectivity index (χ1v) is 7.05. The molecule has 0 unspecified atom stereocenters. The molecule has 0 fully saturated rings. The number of hydrogen-bond acceptors (Lipinski definition) is 3. The van der Waals surface area contributed by atoms with E-state index < -0.39 is 6.61 Å². The number of halogens is 3. The fraction of sp³-hybridized carbons (Fsp3) is 0.200. The topological polar surface area (TPSA) is 41.5 Å². The van der Waals surface area contributed by atoms with E-state index in [1.165, 1.54) is 6.07 Å². The van der Waals surface area contributed by atoms with Crippen molar-refractivity contribution in [3.05, 3.63) is 58.1 Å². The molecule has 0 saturated carbocycles. The molecule has 3 nitrogen and oxygen atoms in total. The summed E-state index contributed by atoms with van der Waals surface area (Å²) in [5.41, 5.74) is 2.09. The van der Waals surface area contributed by atoms with Crippen LogP contribution in [-0.2, 0) is 13.2 Å². The maximum absolute atomic E-state index is 12.4. The standard InChI is InChI=1S/C15H14BrF2NO2/c16-12-5-6-14(21-15(17)18)11(7-12)8-19-13-4-2-1-3-10(13)9-20/h1-7,15,19-20H,8-9H2. The van der Waals surface area contributed by atoms with E-state index >= 15 is 0 Å². The zero-order chi connectivity index (χ0) is 15.2. The van der Waals surface area contributed by atoms with Crippen LogP contribution in [0.3, 0.4) is 0 Å². The summed E-state index contributed by atoms with van der Waals surface area (Å²) in [6.45, 7) is -2.66. The largest absolute Gasteiger partial charge is 0.434 e. The van der Waals surface area contributed by atoms with Crippen LogP contribution in [0.25, 0.3) is 0 Å². The van der Waals surface area contributed by atoms with Gasteiger partial charge in [0.2, 0.25) is 0 Å². The molecule has 0 spiro atoms. The average molecular weight is 358 g/mol.